The van der Waals surface area contributed by atoms with Crippen molar-refractivity contribution in [2.75, 3.05) is 44.7 Å². The molecule has 2 aromatic heterocycles. The Labute approximate surface area is 150 Å². The van der Waals surface area contributed by atoms with Crippen LogP contribution in [0.2, 0.25) is 0 Å². The van der Waals surface area contributed by atoms with Crippen LogP contribution in [-0.2, 0) is 4.74 Å². The summed E-state index contributed by atoms with van der Waals surface area (Å²) in [5.41, 5.74) is 0.971. The van der Waals surface area contributed by atoms with Crippen LogP contribution in [0.4, 0.5) is 10.2 Å². The van der Waals surface area contributed by atoms with Crippen LogP contribution in [0.15, 0.2) is 36.4 Å². The van der Waals surface area contributed by atoms with Gasteiger partial charge in [0.25, 0.3) is 0 Å². The fraction of sp³-hybridized carbons (Fsp3) is 0.389. The zero-order valence-electron chi connectivity index (χ0n) is 14.4. The Bertz CT molecular complexity index is 877. The third-order valence-corrected chi connectivity index (χ3v) is 4.44. The Morgan fingerprint density at radius 3 is 2.77 bits per heavy atom. The van der Waals surface area contributed by atoms with Crippen molar-refractivity contribution in [2.24, 2.45) is 0 Å². The minimum atomic E-state index is -0.340. The fourth-order valence-corrected chi connectivity index (χ4v) is 3.04. The molecule has 0 radical (unpaired) electrons. The van der Waals surface area contributed by atoms with Crippen molar-refractivity contribution in [3.05, 3.63) is 42.2 Å². The molecule has 0 unspecified atom stereocenters. The number of benzene rings is 1. The van der Waals surface area contributed by atoms with Crippen molar-refractivity contribution >= 4 is 11.5 Å². The first-order valence-electron chi connectivity index (χ1n) is 8.82. The van der Waals surface area contributed by atoms with E-state index in [0.29, 0.717) is 17.0 Å². The summed E-state index contributed by atoms with van der Waals surface area (Å²) in [7, 11) is 0. The van der Waals surface area contributed by atoms with Crippen molar-refractivity contribution in [3.8, 4) is 11.4 Å². The predicted molar refractivity (Wildman–Crippen MR) is 96.5 cm³/mol. The molecule has 8 heteroatoms. The highest BCUT2D eigenvalue weighted by atomic mass is 19.1. The molecule has 0 saturated carbocycles. The van der Waals surface area contributed by atoms with Crippen LogP contribution < -0.4 is 5.32 Å². The lowest BCUT2D eigenvalue weighted by Crippen LogP contribution is -2.37. The number of halogens is 1. The fourth-order valence-electron chi connectivity index (χ4n) is 3.04. The number of ether oxygens (including phenoxy) is 1. The van der Waals surface area contributed by atoms with Crippen LogP contribution in [0.25, 0.3) is 17.0 Å². The molecule has 4 rings (SSSR count). The lowest BCUT2D eigenvalue weighted by Gasteiger charge is -2.26. The molecule has 1 N–H and O–H groups in total. The van der Waals surface area contributed by atoms with Gasteiger partial charge in [0.15, 0.2) is 11.5 Å². The second-order valence-corrected chi connectivity index (χ2v) is 6.23. The molecule has 1 fully saturated rings. The molecule has 0 amide bonds. The van der Waals surface area contributed by atoms with Crippen molar-refractivity contribution in [1.29, 1.82) is 0 Å². The van der Waals surface area contributed by atoms with Crippen molar-refractivity contribution < 1.29 is 9.13 Å². The summed E-state index contributed by atoms with van der Waals surface area (Å²) in [6.07, 6.45) is 1.02. The van der Waals surface area contributed by atoms with Gasteiger partial charge >= 0.3 is 0 Å². The number of aromatic nitrogens is 4. The topological polar surface area (TPSA) is 67.6 Å². The lowest BCUT2D eigenvalue weighted by molar-refractivity contribution is 0.0378. The highest BCUT2D eigenvalue weighted by Crippen LogP contribution is 2.21. The van der Waals surface area contributed by atoms with E-state index in [-0.39, 0.29) is 5.82 Å². The number of hydrogen-bond donors (Lipinski definition) is 1. The van der Waals surface area contributed by atoms with Crippen LogP contribution in [0, 0.1) is 5.82 Å². The number of nitrogens with zero attached hydrogens (tertiary/aromatic N) is 5. The Kier molecular flexibility index (Phi) is 5.03. The molecule has 1 aliphatic rings. The van der Waals surface area contributed by atoms with E-state index in [1.54, 1.807) is 22.7 Å². The summed E-state index contributed by atoms with van der Waals surface area (Å²) in [6.45, 7) is 5.47. The first-order chi connectivity index (χ1) is 12.8. The zero-order chi connectivity index (χ0) is 17.8. The van der Waals surface area contributed by atoms with Crippen LogP contribution in [0.3, 0.4) is 0 Å². The van der Waals surface area contributed by atoms with Crippen LogP contribution in [0.5, 0.6) is 0 Å². The maximum Gasteiger partial charge on any atom is 0.188 e. The van der Waals surface area contributed by atoms with E-state index in [4.69, 9.17) is 4.74 Å². The van der Waals surface area contributed by atoms with Gasteiger partial charge in [-0.05, 0) is 37.2 Å². The molecule has 136 valence electrons. The van der Waals surface area contributed by atoms with E-state index < -0.39 is 0 Å². The third kappa shape index (κ3) is 3.66. The summed E-state index contributed by atoms with van der Waals surface area (Å²) < 4.78 is 21.0. The van der Waals surface area contributed by atoms with E-state index >= 15 is 0 Å². The molecule has 1 saturated heterocycles. The number of rotatable bonds is 6. The average Bonchev–Trinajstić information content (AvgIpc) is 3.09. The second-order valence-electron chi connectivity index (χ2n) is 6.23. The monoisotopic (exact) mass is 356 g/mol. The third-order valence-electron chi connectivity index (χ3n) is 4.44. The van der Waals surface area contributed by atoms with E-state index in [1.807, 2.05) is 12.1 Å². The number of fused-ring (bicyclic) bond motifs is 1. The highest BCUT2D eigenvalue weighted by Gasteiger charge is 2.13. The Morgan fingerprint density at radius 2 is 1.92 bits per heavy atom. The van der Waals surface area contributed by atoms with Gasteiger partial charge in [0, 0.05) is 19.6 Å². The van der Waals surface area contributed by atoms with Crippen LogP contribution >= 0.6 is 0 Å². The number of morpholine rings is 1. The summed E-state index contributed by atoms with van der Waals surface area (Å²) in [6, 6.07) is 10.2. The summed E-state index contributed by atoms with van der Waals surface area (Å²) in [5, 5.41) is 16.0. The average molecular weight is 356 g/mol. The molecule has 3 heterocycles. The van der Waals surface area contributed by atoms with Crippen molar-refractivity contribution in [3.63, 3.8) is 0 Å². The number of nitrogens with one attached hydrogen (secondary N) is 1. The number of anilines is 1. The second kappa shape index (κ2) is 7.76. The predicted octanol–water partition coefficient (Wildman–Crippen LogP) is 2.06. The molecule has 0 aliphatic carbocycles. The Balaban J connectivity index is 1.43. The maximum atomic E-state index is 14.1. The molecule has 0 atom stereocenters. The summed E-state index contributed by atoms with van der Waals surface area (Å²) >= 11 is 0. The molecule has 26 heavy (non-hydrogen) atoms. The van der Waals surface area contributed by atoms with Gasteiger partial charge in [-0.1, -0.05) is 12.1 Å². The quantitative estimate of drug-likeness (QED) is 0.682. The molecule has 3 aromatic rings. The minimum Gasteiger partial charge on any atom is -0.379 e. The standard InChI is InChI=1S/C18H21FN6O/c19-15-5-2-1-4-14(15)18-22-21-17-7-6-16(23-25(17)18)20-8-3-9-24-10-12-26-13-11-24/h1-2,4-7H,3,8-13H2,(H,20,23). The van der Waals surface area contributed by atoms with Gasteiger partial charge in [0.2, 0.25) is 0 Å². The van der Waals surface area contributed by atoms with Gasteiger partial charge in [-0.25, -0.2) is 4.39 Å². The van der Waals surface area contributed by atoms with E-state index in [2.05, 4.69) is 25.5 Å². The van der Waals surface area contributed by atoms with Gasteiger partial charge in [-0.15, -0.1) is 15.3 Å². The Hall–Kier alpha value is -2.58. The van der Waals surface area contributed by atoms with E-state index in [1.165, 1.54) is 6.07 Å². The minimum absolute atomic E-state index is 0.340. The first-order valence-corrected chi connectivity index (χ1v) is 8.82. The van der Waals surface area contributed by atoms with Crippen LogP contribution in [0.1, 0.15) is 6.42 Å². The Morgan fingerprint density at radius 1 is 1.08 bits per heavy atom. The summed E-state index contributed by atoms with van der Waals surface area (Å²) in [5.74, 6) is 0.777. The van der Waals surface area contributed by atoms with E-state index in [0.717, 1.165) is 51.6 Å². The SMILES string of the molecule is Fc1ccccc1-c1nnc2ccc(NCCCN3CCOCC3)nn12. The molecule has 0 spiro atoms. The molecule has 0 bridgehead atoms. The van der Waals surface area contributed by atoms with Crippen molar-refractivity contribution in [2.45, 2.75) is 6.42 Å². The molecule has 1 aromatic carbocycles. The highest BCUT2D eigenvalue weighted by molar-refractivity contribution is 5.60. The molecular weight excluding hydrogens is 335 g/mol. The maximum absolute atomic E-state index is 14.1. The molecule has 7 nitrogen and oxygen atoms in total. The zero-order valence-corrected chi connectivity index (χ0v) is 14.4. The lowest BCUT2D eigenvalue weighted by atomic mass is 10.2. The van der Waals surface area contributed by atoms with Gasteiger partial charge in [0.1, 0.15) is 11.6 Å². The first kappa shape index (κ1) is 16.9. The largest absolute Gasteiger partial charge is 0.379 e. The van der Waals surface area contributed by atoms with Gasteiger partial charge in [-0.2, -0.15) is 4.52 Å². The molecule has 1 aliphatic heterocycles. The van der Waals surface area contributed by atoms with Gasteiger partial charge < -0.3 is 10.1 Å². The van der Waals surface area contributed by atoms with Crippen LogP contribution in [-0.4, -0.2) is 64.1 Å². The smallest absolute Gasteiger partial charge is 0.188 e. The molecular formula is C18H21FN6O. The van der Waals surface area contributed by atoms with Crippen molar-refractivity contribution in [1.82, 2.24) is 24.7 Å². The summed E-state index contributed by atoms with van der Waals surface area (Å²) in [4.78, 5) is 2.40. The number of hydrogen-bond acceptors (Lipinski definition) is 6. The normalized spacial score (nSPS) is 15.4. The van der Waals surface area contributed by atoms with Gasteiger partial charge in [0.05, 0.1) is 18.8 Å². The van der Waals surface area contributed by atoms with E-state index in [9.17, 15) is 4.39 Å². The van der Waals surface area contributed by atoms with Gasteiger partial charge in [-0.3, -0.25) is 4.90 Å².